The van der Waals surface area contributed by atoms with Crippen LogP contribution in [0.5, 0.6) is 5.88 Å². The Balaban J connectivity index is 1.87. The minimum absolute atomic E-state index is 0.201. The molecule has 8 heteroatoms. The molecular formula is C15H12F2N4O2. The monoisotopic (exact) mass is 318 g/mol. The Bertz CT molecular complexity index is 864. The van der Waals surface area contributed by atoms with E-state index in [0.717, 1.165) is 0 Å². The third kappa shape index (κ3) is 2.96. The summed E-state index contributed by atoms with van der Waals surface area (Å²) < 4.78 is 30.3. The number of pyridine rings is 1. The number of aromatic nitrogens is 3. The van der Waals surface area contributed by atoms with E-state index in [0.29, 0.717) is 16.7 Å². The molecular weight excluding hydrogens is 306 g/mol. The average Bonchev–Trinajstić information content (AvgIpc) is 2.98. The van der Waals surface area contributed by atoms with Crippen LogP contribution in [-0.4, -0.2) is 28.0 Å². The summed E-state index contributed by atoms with van der Waals surface area (Å²) in [5.74, 6) is -0.618. The zero-order valence-corrected chi connectivity index (χ0v) is 12.0. The van der Waals surface area contributed by atoms with Gasteiger partial charge in [-0.25, -0.2) is 18.7 Å². The van der Waals surface area contributed by atoms with Crippen LogP contribution in [0, 0.1) is 0 Å². The molecule has 1 aromatic carbocycles. The number of benzene rings is 1. The quantitative estimate of drug-likeness (QED) is 0.774. The largest absolute Gasteiger partial charge is 0.480 e. The molecule has 0 fully saturated rings. The van der Waals surface area contributed by atoms with Gasteiger partial charge in [-0.2, -0.15) is 0 Å². The second-order valence-corrected chi connectivity index (χ2v) is 4.67. The van der Waals surface area contributed by atoms with Crippen molar-refractivity contribution in [2.45, 2.75) is 6.43 Å². The van der Waals surface area contributed by atoms with Gasteiger partial charge < -0.3 is 15.0 Å². The van der Waals surface area contributed by atoms with Gasteiger partial charge >= 0.3 is 0 Å². The van der Waals surface area contributed by atoms with Crippen molar-refractivity contribution >= 4 is 22.6 Å². The van der Waals surface area contributed by atoms with E-state index >= 15 is 0 Å². The topological polar surface area (TPSA) is 79.9 Å². The minimum atomic E-state index is -2.68. The molecule has 0 unspecified atom stereocenters. The third-order valence-electron chi connectivity index (χ3n) is 3.17. The van der Waals surface area contributed by atoms with Crippen LogP contribution >= 0.6 is 0 Å². The lowest BCUT2D eigenvalue weighted by Gasteiger charge is -2.08. The normalized spacial score (nSPS) is 11.0. The number of aromatic amines is 1. The molecule has 0 aliphatic carbocycles. The Morgan fingerprint density at radius 2 is 2.17 bits per heavy atom. The fourth-order valence-corrected chi connectivity index (χ4v) is 2.14. The van der Waals surface area contributed by atoms with Crippen LogP contribution in [0.25, 0.3) is 11.0 Å². The number of methoxy groups -OCH3 is 1. The lowest BCUT2D eigenvalue weighted by atomic mass is 10.2. The molecule has 3 aromatic rings. The van der Waals surface area contributed by atoms with Crippen molar-refractivity contribution in [3.05, 3.63) is 47.9 Å². The molecule has 0 atom stereocenters. The molecule has 2 N–H and O–H groups in total. The molecule has 2 aromatic heterocycles. The molecule has 3 rings (SSSR count). The van der Waals surface area contributed by atoms with Crippen LogP contribution in [0.15, 0.2) is 36.5 Å². The van der Waals surface area contributed by atoms with Crippen molar-refractivity contribution in [1.82, 2.24) is 15.0 Å². The van der Waals surface area contributed by atoms with Crippen LogP contribution in [0.3, 0.4) is 0 Å². The highest BCUT2D eigenvalue weighted by atomic mass is 19.3. The molecule has 1 amide bonds. The van der Waals surface area contributed by atoms with Gasteiger partial charge in [0.2, 0.25) is 5.88 Å². The van der Waals surface area contributed by atoms with E-state index in [1.54, 1.807) is 24.3 Å². The molecule has 0 spiro atoms. The van der Waals surface area contributed by atoms with Crippen LogP contribution in [0.4, 0.5) is 14.5 Å². The second-order valence-electron chi connectivity index (χ2n) is 4.67. The van der Waals surface area contributed by atoms with E-state index in [4.69, 9.17) is 4.74 Å². The number of amides is 1. The second kappa shape index (κ2) is 5.99. The van der Waals surface area contributed by atoms with Gasteiger partial charge in [0.15, 0.2) is 5.82 Å². The van der Waals surface area contributed by atoms with Gasteiger partial charge in [-0.15, -0.1) is 0 Å². The zero-order chi connectivity index (χ0) is 16.4. The molecule has 0 aliphatic rings. The number of imidazole rings is 1. The fourth-order valence-electron chi connectivity index (χ4n) is 2.14. The number of fused-ring (bicyclic) bond motifs is 1. The summed E-state index contributed by atoms with van der Waals surface area (Å²) >= 11 is 0. The van der Waals surface area contributed by atoms with Gasteiger partial charge in [0.1, 0.15) is 5.56 Å². The standard InChI is InChI=1S/C15H12F2N4O2/c1-23-15-9(3-2-6-18-15)14(22)19-8-4-5-10-11(7-8)21-13(20-10)12(16)17/h2-7,12H,1H3,(H,19,22)(H,20,21). The lowest BCUT2D eigenvalue weighted by molar-refractivity contribution is 0.102. The summed E-state index contributed by atoms with van der Waals surface area (Å²) in [6.45, 7) is 0. The number of nitrogens with one attached hydrogen (secondary N) is 2. The van der Waals surface area contributed by atoms with Crippen LogP contribution in [0.2, 0.25) is 0 Å². The minimum Gasteiger partial charge on any atom is -0.480 e. The molecule has 6 nitrogen and oxygen atoms in total. The van der Waals surface area contributed by atoms with Crippen LogP contribution in [0.1, 0.15) is 22.6 Å². The number of H-pyrrole nitrogens is 1. The number of carbonyl (C=O) groups excluding carboxylic acids is 1. The number of alkyl halides is 2. The molecule has 0 saturated heterocycles. The maximum Gasteiger partial charge on any atom is 0.295 e. The molecule has 0 saturated carbocycles. The van der Waals surface area contributed by atoms with Gasteiger partial charge in [0.05, 0.1) is 18.1 Å². The summed E-state index contributed by atoms with van der Waals surface area (Å²) in [5.41, 5.74) is 1.53. The summed E-state index contributed by atoms with van der Waals surface area (Å²) in [4.78, 5) is 22.5. The third-order valence-corrected chi connectivity index (χ3v) is 3.17. The predicted molar refractivity (Wildman–Crippen MR) is 79.8 cm³/mol. The summed E-state index contributed by atoms with van der Waals surface area (Å²) in [7, 11) is 1.42. The maximum atomic E-state index is 12.6. The summed E-state index contributed by atoms with van der Waals surface area (Å²) in [6, 6.07) is 7.86. The van der Waals surface area contributed by atoms with Gasteiger partial charge in [-0.1, -0.05) is 0 Å². The van der Waals surface area contributed by atoms with E-state index in [2.05, 4.69) is 20.3 Å². The molecule has 2 heterocycles. The number of rotatable bonds is 4. The maximum absolute atomic E-state index is 12.6. The van der Waals surface area contributed by atoms with E-state index in [1.807, 2.05) is 0 Å². The van der Waals surface area contributed by atoms with Crippen molar-refractivity contribution in [3.63, 3.8) is 0 Å². The summed E-state index contributed by atoms with van der Waals surface area (Å²) in [6.07, 6.45) is -1.17. The van der Waals surface area contributed by atoms with Crippen molar-refractivity contribution in [3.8, 4) is 5.88 Å². The number of nitrogens with zero attached hydrogens (tertiary/aromatic N) is 2. The van der Waals surface area contributed by atoms with Gasteiger partial charge in [0.25, 0.3) is 12.3 Å². The molecule has 118 valence electrons. The first kappa shape index (κ1) is 14.9. The fraction of sp³-hybridized carbons (Fsp3) is 0.133. The van der Waals surface area contributed by atoms with Crippen molar-refractivity contribution in [2.75, 3.05) is 12.4 Å². The Kier molecular flexibility index (Phi) is 3.88. The number of ether oxygens (including phenoxy) is 1. The highest BCUT2D eigenvalue weighted by Crippen LogP contribution is 2.23. The number of carbonyl (C=O) groups is 1. The van der Waals surface area contributed by atoms with Gasteiger partial charge in [-0.05, 0) is 30.3 Å². The Hall–Kier alpha value is -3.03. The Morgan fingerprint density at radius 3 is 2.91 bits per heavy atom. The van der Waals surface area contributed by atoms with E-state index in [-0.39, 0.29) is 11.4 Å². The average molecular weight is 318 g/mol. The lowest BCUT2D eigenvalue weighted by Crippen LogP contribution is -2.13. The molecule has 23 heavy (non-hydrogen) atoms. The van der Waals surface area contributed by atoms with Crippen LogP contribution in [-0.2, 0) is 0 Å². The van der Waals surface area contributed by atoms with E-state index < -0.39 is 18.2 Å². The first-order valence-electron chi connectivity index (χ1n) is 6.66. The zero-order valence-electron chi connectivity index (χ0n) is 12.0. The first-order valence-corrected chi connectivity index (χ1v) is 6.66. The van der Waals surface area contributed by atoms with Crippen molar-refractivity contribution in [2.24, 2.45) is 0 Å². The Morgan fingerprint density at radius 1 is 1.35 bits per heavy atom. The van der Waals surface area contributed by atoms with Crippen molar-refractivity contribution < 1.29 is 18.3 Å². The predicted octanol–water partition coefficient (Wildman–Crippen LogP) is 3.16. The number of hydrogen-bond acceptors (Lipinski definition) is 4. The summed E-state index contributed by atoms with van der Waals surface area (Å²) in [5, 5.41) is 2.67. The van der Waals surface area contributed by atoms with Crippen LogP contribution < -0.4 is 10.1 Å². The molecule has 0 aliphatic heterocycles. The van der Waals surface area contributed by atoms with Gasteiger partial charge in [-0.3, -0.25) is 4.79 Å². The van der Waals surface area contributed by atoms with E-state index in [9.17, 15) is 13.6 Å². The van der Waals surface area contributed by atoms with Crippen molar-refractivity contribution in [1.29, 1.82) is 0 Å². The highest BCUT2D eigenvalue weighted by Gasteiger charge is 2.15. The Labute approximate surface area is 129 Å². The smallest absolute Gasteiger partial charge is 0.295 e. The first-order chi connectivity index (χ1) is 11.1. The highest BCUT2D eigenvalue weighted by molar-refractivity contribution is 6.06. The SMILES string of the molecule is COc1ncccc1C(=O)Nc1ccc2nc(C(F)F)[nH]c2c1. The molecule has 0 radical (unpaired) electrons. The number of anilines is 1. The molecule has 0 bridgehead atoms. The van der Waals surface area contributed by atoms with Gasteiger partial charge in [0, 0.05) is 11.9 Å². The number of halogens is 2. The number of hydrogen-bond donors (Lipinski definition) is 2. The van der Waals surface area contributed by atoms with E-state index in [1.165, 1.54) is 19.4 Å².